The van der Waals surface area contributed by atoms with E-state index >= 15 is 0 Å². The molecule has 0 saturated carbocycles. The molecular formula is C26H18N2O4S3. The molecule has 0 atom stereocenters. The number of rotatable bonds is 6. The van der Waals surface area contributed by atoms with Gasteiger partial charge >= 0.3 is 5.97 Å². The lowest BCUT2D eigenvalue weighted by atomic mass is 10.1. The highest BCUT2D eigenvalue weighted by atomic mass is 32.2. The first-order valence-corrected chi connectivity index (χ1v) is 13.7. The Balaban J connectivity index is 1.53. The summed E-state index contributed by atoms with van der Waals surface area (Å²) in [6.45, 7) is 0. The number of nitrogens with zero attached hydrogens (tertiary/aromatic N) is 2. The predicted octanol–water partition coefficient (Wildman–Crippen LogP) is 5.78. The Morgan fingerprint density at radius 3 is 2.14 bits per heavy atom. The molecule has 0 saturated heterocycles. The molecule has 3 aromatic carbocycles. The molecule has 0 aliphatic rings. The number of benzene rings is 3. The molecule has 0 bridgehead atoms. The van der Waals surface area contributed by atoms with Gasteiger partial charge in [-0.15, -0.1) is 27.1 Å². The summed E-state index contributed by atoms with van der Waals surface area (Å²) >= 11 is 2.37. The quantitative estimate of drug-likeness (QED) is 0.211. The molecule has 6 nitrogen and oxygen atoms in total. The third kappa shape index (κ3) is 5.02. The average molecular weight is 519 g/mol. The first-order valence-electron chi connectivity index (χ1n) is 10.5. The SMILES string of the molecule is O=C(Oc1ccc(-c2csc(=NS(=O)(=O)c3cccs3)n2-c2ccccc2)cc1)c1ccccc1. The maximum absolute atomic E-state index is 12.8. The summed E-state index contributed by atoms with van der Waals surface area (Å²) in [6.07, 6.45) is 0. The lowest BCUT2D eigenvalue weighted by Crippen LogP contribution is -2.16. The van der Waals surface area contributed by atoms with Crippen LogP contribution < -0.4 is 9.54 Å². The molecule has 5 aromatic rings. The minimum atomic E-state index is -3.84. The van der Waals surface area contributed by atoms with Crippen molar-refractivity contribution < 1.29 is 17.9 Å². The number of carbonyl (C=O) groups excluding carboxylic acids is 1. The van der Waals surface area contributed by atoms with Crippen LogP contribution in [-0.4, -0.2) is 19.0 Å². The van der Waals surface area contributed by atoms with E-state index in [9.17, 15) is 13.2 Å². The molecule has 0 spiro atoms. The summed E-state index contributed by atoms with van der Waals surface area (Å²) in [5.74, 6) is -0.0256. The lowest BCUT2D eigenvalue weighted by molar-refractivity contribution is 0.0734. The minimum absolute atomic E-state index is 0.191. The highest BCUT2D eigenvalue weighted by molar-refractivity contribution is 7.92. The van der Waals surface area contributed by atoms with Gasteiger partial charge in [0, 0.05) is 11.1 Å². The van der Waals surface area contributed by atoms with Gasteiger partial charge in [-0.1, -0.05) is 42.5 Å². The summed E-state index contributed by atoms with van der Waals surface area (Å²) in [7, 11) is -3.84. The number of para-hydroxylation sites is 1. The summed E-state index contributed by atoms with van der Waals surface area (Å²) in [5.41, 5.74) is 2.83. The average Bonchev–Trinajstić information content (AvgIpc) is 3.57. The smallest absolute Gasteiger partial charge is 0.343 e. The first-order chi connectivity index (χ1) is 17.0. The van der Waals surface area contributed by atoms with E-state index < -0.39 is 16.0 Å². The van der Waals surface area contributed by atoms with Crippen molar-refractivity contribution in [1.29, 1.82) is 0 Å². The van der Waals surface area contributed by atoms with Gasteiger partial charge in [0.2, 0.25) is 4.80 Å². The molecule has 174 valence electrons. The molecular weight excluding hydrogens is 500 g/mol. The zero-order chi connectivity index (χ0) is 24.3. The van der Waals surface area contributed by atoms with E-state index in [4.69, 9.17) is 4.74 Å². The van der Waals surface area contributed by atoms with Gasteiger partial charge < -0.3 is 4.74 Å². The molecule has 0 aliphatic carbocycles. The van der Waals surface area contributed by atoms with E-state index in [1.54, 1.807) is 58.5 Å². The van der Waals surface area contributed by atoms with Crippen LogP contribution in [0.15, 0.2) is 116 Å². The molecule has 35 heavy (non-hydrogen) atoms. The van der Waals surface area contributed by atoms with Crippen molar-refractivity contribution in [1.82, 2.24) is 4.57 Å². The summed E-state index contributed by atoms with van der Waals surface area (Å²) in [5, 5.41) is 3.57. The second kappa shape index (κ2) is 9.83. The van der Waals surface area contributed by atoms with Crippen LogP contribution in [0.1, 0.15) is 10.4 Å². The van der Waals surface area contributed by atoms with Crippen LogP contribution in [0.25, 0.3) is 16.9 Å². The fraction of sp³-hybridized carbons (Fsp3) is 0. The van der Waals surface area contributed by atoms with Gasteiger partial charge in [-0.2, -0.15) is 8.42 Å². The number of thiophene rings is 1. The van der Waals surface area contributed by atoms with Gasteiger partial charge in [-0.25, -0.2) is 4.79 Å². The zero-order valence-electron chi connectivity index (χ0n) is 18.1. The Hall–Kier alpha value is -3.79. The van der Waals surface area contributed by atoms with E-state index in [0.29, 0.717) is 16.1 Å². The van der Waals surface area contributed by atoms with Gasteiger partial charge in [0.15, 0.2) is 0 Å². The van der Waals surface area contributed by atoms with Crippen molar-refractivity contribution in [2.75, 3.05) is 0 Å². The number of hydrogen-bond donors (Lipinski definition) is 0. The molecule has 5 rings (SSSR count). The number of ether oxygens (including phenoxy) is 1. The van der Waals surface area contributed by atoms with Crippen LogP contribution in [0.4, 0.5) is 0 Å². The van der Waals surface area contributed by atoms with Crippen LogP contribution in [0.5, 0.6) is 5.75 Å². The number of thiazole rings is 1. The monoisotopic (exact) mass is 518 g/mol. The van der Waals surface area contributed by atoms with E-state index in [-0.39, 0.29) is 4.21 Å². The van der Waals surface area contributed by atoms with Gasteiger partial charge in [-0.05, 0) is 65.5 Å². The number of sulfonamides is 1. The van der Waals surface area contributed by atoms with Crippen molar-refractivity contribution in [2.45, 2.75) is 4.21 Å². The Morgan fingerprint density at radius 2 is 1.49 bits per heavy atom. The van der Waals surface area contributed by atoms with E-state index in [1.807, 2.05) is 53.9 Å². The normalized spacial score (nSPS) is 11.9. The van der Waals surface area contributed by atoms with E-state index in [1.165, 1.54) is 11.3 Å². The third-order valence-electron chi connectivity index (χ3n) is 5.04. The highest BCUT2D eigenvalue weighted by Gasteiger charge is 2.17. The molecule has 2 aromatic heterocycles. The predicted molar refractivity (Wildman–Crippen MR) is 138 cm³/mol. The van der Waals surface area contributed by atoms with Crippen molar-refractivity contribution in [3.05, 3.63) is 118 Å². The van der Waals surface area contributed by atoms with Crippen molar-refractivity contribution in [3.8, 4) is 22.7 Å². The molecule has 0 N–H and O–H groups in total. The second-order valence-corrected chi connectivity index (χ2v) is 11.0. The number of hydrogen-bond acceptors (Lipinski definition) is 6. The molecule has 0 radical (unpaired) electrons. The van der Waals surface area contributed by atoms with Crippen molar-refractivity contribution in [2.24, 2.45) is 4.40 Å². The largest absolute Gasteiger partial charge is 0.423 e. The van der Waals surface area contributed by atoms with Crippen molar-refractivity contribution >= 4 is 38.7 Å². The topological polar surface area (TPSA) is 77.7 Å². The van der Waals surface area contributed by atoms with E-state index in [0.717, 1.165) is 28.3 Å². The first kappa shape index (κ1) is 23.0. The van der Waals surface area contributed by atoms with Crippen LogP contribution in [0.3, 0.4) is 0 Å². The number of aromatic nitrogens is 1. The molecule has 0 aliphatic heterocycles. The zero-order valence-corrected chi connectivity index (χ0v) is 20.6. The fourth-order valence-corrected chi connectivity index (χ4v) is 6.47. The number of carbonyl (C=O) groups is 1. The summed E-state index contributed by atoms with van der Waals surface area (Å²) in [6, 6.07) is 28.5. The van der Waals surface area contributed by atoms with Crippen LogP contribution in [0, 0.1) is 0 Å². The maximum Gasteiger partial charge on any atom is 0.343 e. The number of esters is 1. The standard InChI is InChI=1S/C26H18N2O4S3/c29-25(20-8-3-1-4-9-20)32-22-15-13-19(14-16-22)23-18-34-26(28(23)21-10-5-2-6-11-21)27-35(30,31)24-12-7-17-33-24/h1-18H. The summed E-state index contributed by atoms with van der Waals surface area (Å²) < 4.78 is 37.3. The Bertz CT molecular complexity index is 1620. The van der Waals surface area contributed by atoms with Crippen LogP contribution in [-0.2, 0) is 10.0 Å². The Kier molecular flexibility index (Phi) is 6.45. The van der Waals surface area contributed by atoms with Gasteiger partial charge in [-0.3, -0.25) is 4.57 Å². The second-order valence-electron chi connectivity index (χ2n) is 7.35. The molecule has 0 fully saturated rings. The maximum atomic E-state index is 12.8. The van der Waals surface area contributed by atoms with E-state index in [2.05, 4.69) is 4.40 Å². The molecule has 9 heteroatoms. The third-order valence-corrected chi connectivity index (χ3v) is 8.62. The minimum Gasteiger partial charge on any atom is -0.423 e. The summed E-state index contributed by atoms with van der Waals surface area (Å²) in [4.78, 5) is 12.7. The van der Waals surface area contributed by atoms with Gasteiger partial charge in [0.05, 0.1) is 11.3 Å². The van der Waals surface area contributed by atoms with Crippen LogP contribution >= 0.6 is 22.7 Å². The lowest BCUT2D eigenvalue weighted by Gasteiger charge is -2.10. The Labute approximate surface area is 210 Å². The molecule has 0 unspecified atom stereocenters. The molecule has 0 amide bonds. The molecule has 2 heterocycles. The highest BCUT2D eigenvalue weighted by Crippen LogP contribution is 2.27. The van der Waals surface area contributed by atoms with Gasteiger partial charge in [0.25, 0.3) is 10.0 Å². The van der Waals surface area contributed by atoms with Gasteiger partial charge in [0.1, 0.15) is 9.96 Å². The Morgan fingerprint density at radius 1 is 0.800 bits per heavy atom. The fourth-order valence-electron chi connectivity index (χ4n) is 3.40. The van der Waals surface area contributed by atoms with Crippen LogP contribution in [0.2, 0.25) is 0 Å². The van der Waals surface area contributed by atoms with Crippen molar-refractivity contribution in [3.63, 3.8) is 0 Å².